The van der Waals surface area contributed by atoms with Crippen molar-refractivity contribution in [1.29, 1.82) is 5.26 Å². The zero-order chi connectivity index (χ0) is 13.1. The molecule has 1 aliphatic carbocycles. The second kappa shape index (κ2) is 5.35. The van der Waals surface area contributed by atoms with Crippen molar-refractivity contribution in [3.05, 3.63) is 35.4 Å². The Hall–Kier alpha value is -1.33. The Balaban J connectivity index is 1.57. The van der Waals surface area contributed by atoms with Gasteiger partial charge in [0.25, 0.3) is 0 Å². The van der Waals surface area contributed by atoms with E-state index >= 15 is 0 Å². The third-order valence-corrected chi connectivity index (χ3v) is 4.74. The first-order valence-electron chi connectivity index (χ1n) is 7.51. The van der Waals surface area contributed by atoms with Gasteiger partial charge in [0.1, 0.15) is 0 Å². The summed E-state index contributed by atoms with van der Waals surface area (Å²) in [6.45, 7) is 3.55. The van der Waals surface area contributed by atoms with E-state index in [0.29, 0.717) is 5.41 Å². The summed E-state index contributed by atoms with van der Waals surface area (Å²) in [5.74, 6) is 0. The van der Waals surface area contributed by atoms with Gasteiger partial charge >= 0.3 is 0 Å². The lowest BCUT2D eigenvalue weighted by Gasteiger charge is -2.50. The molecule has 1 aromatic rings. The number of benzene rings is 1. The molecule has 1 heterocycles. The molecule has 0 N–H and O–H groups in total. The van der Waals surface area contributed by atoms with Gasteiger partial charge in [-0.1, -0.05) is 37.8 Å². The van der Waals surface area contributed by atoms with Gasteiger partial charge in [-0.2, -0.15) is 5.26 Å². The maximum atomic E-state index is 8.93. The fourth-order valence-corrected chi connectivity index (χ4v) is 3.81. The van der Waals surface area contributed by atoms with E-state index < -0.39 is 0 Å². The summed E-state index contributed by atoms with van der Waals surface area (Å²) in [6.07, 6.45) is 8.59. The predicted molar refractivity (Wildman–Crippen MR) is 76.6 cm³/mol. The van der Waals surface area contributed by atoms with Gasteiger partial charge in [0.05, 0.1) is 11.6 Å². The number of nitrogens with zero attached hydrogens (tertiary/aromatic N) is 2. The highest BCUT2D eigenvalue weighted by molar-refractivity contribution is 5.32. The molecular weight excluding hydrogens is 232 g/mol. The molecule has 2 aliphatic rings. The van der Waals surface area contributed by atoms with E-state index in [-0.39, 0.29) is 0 Å². The van der Waals surface area contributed by atoms with E-state index in [1.165, 1.54) is 57.2 Å². The summed E-state index contributed by atoms with van der Waals surface area (Å²) in [4.78, 5) is 2.54. The molecule has 2 fully saturated rings. The molecule has 1 saturated carbocycles. The van der Waals surface area contributed by atoms with Crippen LogP contribution in [0.3, 0.4) is 0 Å². The van der Waals surface area contributed by atoms with Crippen molar-refractivity contribution in [2.45, 2.75) is 45.1 Å². The molecule has 0 aromatic heterocycles. The molecule has 3 rings (SSSR count). The van der Waals surface area contributed by atoms with Gasteiger partial charge in [-0.15, -0.1) is 0 Å². The smallest absolute Gasteiger partial charge is 0.0991 e. The van der Waals surface area contributed by atoms with E-state index in [9.17, 15) is 0 Å². The number of hydrogen-bond acceptors (Lipinski definition) is 2. The van der Waals surface area contributed by atoms with Crippen molar-refractivity contribution in [2.75, 3.05) is 13.1 Å². The van der Waals surface area contributed by atoms with Crippen molar-refractivity contribution < 1.29 is 0 Å². The van der Waals surface area contributed by atoms with Crippen molar-refractivity contribution in [2.24, 2.45) is 5.41 Å². The highest BCUT2D eigenvalue weighted by Crippen LogP contribution is 2.43. The molecule has 0 radical (unpaired) electrons. The van der Waals surface area contributed by atoms with E-state index in [0.717, 1.165) is 12.1 Å². The summed E-state index contributed by atoms with van der Waals surface area (Å²) < 4.78 is 0. The molecular formula is C17H22N2. The summed E-state index contributed by atoms with van der Waals surface area (Å²) >= 11 is 0. The second-order valence-electron chi connectivity index (χ2n) is 6.37. The number of hydrogen-bond donors (Lipinski definition) is 0. The Bertz CT molecular complexity index is 470. The predicted octanol–water partition coefficient (Wildman–Crippen LogP) is 3.71. The SMILES string of the molecule is N#Cc1cccc(CN2CC3(CCCCCC3)C2)c1. The lowest BCUT2D eigenvalue weighted by Crippen LogP contribution is -2.55. The van der Waals surface area contributed by atoms with Crippen LogP contribution in [0.25, 0.3) is 0 Å². The summed E-state index contributed by atoms with van der Waals surface area (Å²) in [5, 5.41) is 8.93. The summed E-state index contributed by atoms with van der Waals surface area (Å²) in [6, 6.07) is 10.3. The molecule has 2 nitrogen and oxygen atoms in total. The Morgan fingerprint density at radius 3 is 2.53 bits per heavy atom. The second-order valence-corrected chi connectivity index (χ2v) is 6.37. The first kappa shape index (κ1) is 12.7. The molecule has 0 atom stereocenters. The largest absolute Gasteiger partial charge is 0.298 e. The molecule has 1 aliphatic heterocycles. The van der Waals surface area contributed by atoms with Crippen LogP contribution in [0.15, 0.2) is 24.3 Å². The summed E-state index contributed by atoms with van der Waals surface area (Å²) in [7, 11) is 0. The molecule has 0 unspecified atom stereocenters. The third-order valence-electron chi connectivity index (χ3n) is 4.74. The lowest BCUT2D eigenvalue weighted by atomic mass is 9.73. The monoisotopic (exact) mass is 254 g/mol. The minimum Gasteiger partial charge on any atom is -0.298 e. The van der Waals surface area contributed by atoms with E-state index in [4.69, 9.17) is 5.26 Å². The van der Waals surface area contributed by atoms with Crippen molar-refractivity contribution in [3.8, 4) is 6.07 Å². The molecule has 1 spiro atoms. The van der Waals surface area contributed by atoms with Gasteiger partial charge in [0.15, 0.2) is 0 Å². The minimum atomic E-state index is 0.642. The van der Waals surface area contributed by atoms with Crippen molar-refractivity contribution in [3.63, 3.8) is 0 Å². The van der Waals surface area contributed by atoms with Crippen LogP contribution in [0.1, 0.15) is 49.7 Å². The number of nitriles is 1. The van der Waals surface area contributed by atoms with Crippen LogP contribution < -0.4 is 0 Å². The van der Waals surface area contributed by atoms with Crippen LogP contribution >= 0.6 is 0 Å². The van der Waals surface area contributed by atoms with Crippen LogP contribution in [0.2, 0.25) is 0 Å². The normalized spacial score (nSPS) is 22.5. The van der Waals surface area contributed by atoms with Crippen LogP contribution in [0, 0.1) is 16.7 Å². The highest BCUT2D eigenvalue weighted by Gasteiger charge is 2.42. The van der Waals surface area contributed by atoms with Gasteiger partial charge < -0.3 is 0 Å². The van der Waals surface area contributed by atoms with E-state index in [1.54, 1.807) is 0 Å². The van der Waals surface area contributed by atoms with Gasteiger partial charge in [0, 0.05) is 19.6 Å². The van der Waals surface area contributed by atoms with Gasteiger partial charge in [-0.25, -0.2) is 0 Å². The number of rotatable bonds is 2. The lowest BCUT2D eigenvalue weighted by molar-refractivity contribution is -0.0176. The quantitative estimate of drug-likeness (QED) is 0.804. The Labute approximate surface area is 116 Å². The third kappa shape index (κ3) is 2.82. The van der Waals surface area contributed by atoms with Crippen molar-refractivity contribution >= 4 is 0 Å². The Kier molecular flexibility index (Phi) is 3.57. The van der Waals surface area contributed by atoms with Gasteiger partial charge in [0.2, 0.25) is 0 Å². The molecule has 0 bridgehead atoms. The minimum absolute atomic E-state index is 0.642. The van der Waals surface area contributed by atoms with E-state index in [1.807, 2.05) is 18.2 Å². The fraction of sp³-hybridized carbons (Fsp3) is 0.588. The first-order chi connectivity index (χ1) is 9.30. The molecule has 1 aromatic carbocycles. The molecule has 2 heteroatoms. The summed E-state index contributed by atoms with van der Waals surface area (Å²) in [5.41, 5.74) is 2.70. The Morgan fingerprint density at radius 1 is 1.11 bits per heavy atom. The molecule has 100 valence electrons. The maximum absolute atomic E-state index is 8.93. The van der Waals surface area contributed by atoms with Crippen LogP contribution in [-0.2, 0) is 6.54 Å². The van der Waals surface area contributed by atoms with Gasteiger partial charge in [-0.05, 0) is 36.0 Å². The maximum Gasteiger partial charge on any atom is 0.0991 e. The number of likely N-dealkylation sites (tertiary alicyclic amines) is 1. The average Bonchev–Trinajstić information content (AvgIpc) is 2.64. The standard InChI is InChI=1S/C17H22N2/c18-11-15-6-5-7-16(10-15)12-19-13-17(14-19)8-3-1-2-4-9-17/h5-7,10H,1-4,8-9,12-14H2. The zero-order valence-electron chi connectivity index (χ0n) is 11.6. The zero-order valence-corrected chi connectivity index (χ0v) is 11.6. The van der Waals surface area contributed by atoms with E-state index in [2.05, 4.69) is 17.0 Å². The topological polar surface area (TPSA) is 27.0 Å². The first-order valence-corrected chi connectivity index (χ1v) is 7.51. The van der Waals surface area contributed by atoms with Crippen LogP contribution in [-0.4, -0.2) is 18.0 Å². The molecule has 0 amide bonds. The van der Waals surface area contributed by atoms with Crippen LogP contribution in [0.4, 0.5) is 0 Å². The average molecular weight is 254 g/mol. The van der Waals surface area contributed by atoms with Gasteiger partial charge in [-0.3, -0.25) is 4.90 Å². The molecule has 19 heavy (non-hydrogen) atoms. The van der Waals surface area contributed by atoms with Crippen LogP contribution in [0.5, 0.6) is 0 Å². The van der Waals surface area contributed by atoms with Crippen molar-refractivity contribution in [1.82, 2.24) is 4.90 Å². The Morgan fingerprint density at radius 2 is 1.84 bits per heavy atom. The molecule has 1 saturated heterocycles. The highest BCUT2D eigenvalue weighted by atomic mass is 15.2. The fourth-order valence-electron chi connectivity index (χ4n) is 3.81.